The topological polar surface area (TPSA) is 3.24 Å². The largest absolute Gasteiger partial charge is 0.298 e. The van der Waals surface area contributed by atoms with Crippen LogP contribution in [0.4, 0.5) is 8.78 Å². The van der Waals surface area contributed by atoms with Gasteiger partial charge in [0, 0.05) is 5.54 Å². The van der Waals surface area contributed by atoms with Crippen LogP contribution in [0, 0.1) is 11.6 Å². The molecule has 0 N–H and O–H groups in total. The molecule has 106 valence electrons. The van der Waals surface area contributed by atoms with Crippen LogP contribution in [0.5, 0.6) is 0 Å². The lowest BCUT2D eigenvalue weighted by Gasteiger charge is -2.45. The normalized spacial score (nSPS) is 20.5. The first-order valence-electron chi connectivity index (χ1n) is 6.93. The van der Waals surface area contributed by atoms with Gasteiger partial charge in [0.25, 0.3) is 0 Å². The highest BCUT2D eigenvalue weighted by Crippen LogP contribution is 2.37. The molecule has 1 fully saturated rings. The Hall–Kier alpha value is -0.960. The van der Waals surface area contributed by atoms with Gasteiger partial charge in [-0.2, -0.15) is 0 Å². The van der Waals surface area contributed by atoms with Crippen molar-refractivity contribution in [1.29, 1.82) is 0 Å². The van der Waals surface area contributed by atoms with Gasteiger partial charge in [0.05, 0.1) is 0 Å². The van der Waals surface area contributed by atoms with Crippen molar-refractivity contribution in [3.05, 3.63) is 35.4 Å². The summed E-state index contributed by atoms with van der Waals surface area (Å²) in [7, 11) is 0. The molecular formula is C16H23F2N. The van der Waals surface area contributed by atoms with Gasteiger partial charge in [-0.15, -0.1) is 0 Å². The van der Waals surface area contributed by atoms with Crippen LogP contribution in [-0.2, 0) is 5.41 Å². The minimum absolute atomic E-state index is 0.0453. The van der Waals surface area contributed by atoms with Crippen LogP contribution in [0.15, 0.2) is 18.2 Å². The highest BCUT2D eigenvalue weighted by molar-refractivity contribution is 5.27. The third kappa shape index (κ3) is 2.97. The van der Waals surface area contributed by atoms with Gasteiger partial charge in [0.1, 0.15) is 0 Å². The van der Waals surface area contributed by atoms with E-state index in [4.69, 9.17) is 0 Å². The van der Waals surface area contributed by atoms with Crippen molar-refractivity contribution in [2.75, 3.05) is 13.1 Å². The summed E-state index contributed by atoms with van der Waals surface area (Å²) in [5, 5.41) is 0. The van der Waals surface area contributed by atoms with E-state index in [-0.39, 0.29) is 11.0 Å². The highest BCUT2D eigenvalue weighted by atomic mass is 19.2. The Balaban J connectivity index is 2.15. The summed E-state index contributed by atoms with van der Waals surface area (Å²) in [5.41, 5.74) is 1.05. The van der Waals surface area contributed by atoms with Gasteiger partial charge in [-0.1, -0.05) is 13.0 Å². The van der Waals surface area contributed by atoms with Crippen molar-refractivity contribution in [3.8, 4) is 0 Å². The van der Waals surface area contributed by atoms with Crippen LogP contribution in [0.25, 0.3) is 0 Å². The summed E-state index contributed by atoms with van der Waals surface area (Å²) in [4.78, 5) is 2.45. The van der Waals surface area contributed by atoms with Crippen molar-refractivity contribution >= 4 is 0 Å². The Kier molecular flexibility index (Phi) is 3.69. The lowest BCUT2D eigenvalue weighted by Crippen LogP contribution is -2.49. The van der Waals surface area contributed by atoms with Crippen molar-refractivity contribution < 1.29 is 8.78 Å². The molecule has 0 amide bonds. The van der Waals surface area contributed by atoms with Gasteiger partial charge < -0.3 is 0 Å². The average molecular weight is 267 g/mol. The maximum absolute atomic E-state index is 13.4. The maximum atomic E-state index is 13.4. The van der Waals surface area contributed by atoms with Crippen molar-refractivity contribution in [2.45, 2.75) is 51.5 Å². The van der Waals surface area contributed by atoms with Gasteiger partial charge in [0.2, 0.25) is 0 Å². The summed E-state index contributed by atoms with van der Waals surface area (Å²) in [6.45, 7) is 10.8. The van der Waals surface area contributed by atoms with E-state index in [1.807, 2.05) is 0 Å². The summed E-state index contributed by atoms with van der Waals surface area (Å²) < 4.78 is 26.4. The molecule has 0 aromatic heterocycles. The Morgan fingerprint density at radius 2 is 1.63 bits per heavy atom. The third-order valence-electron chi connectivity index (χ3n) is 4.43. The van der Waals surface area contributed by atoms with Gasteiger partial charge in [-0.3, -0.25) is 4.90 Å². The molecule has 0 radical (unpaired) electrons. The molecule has 0 aliphatic carbocycles. The fraction of sp³-hybridized carbons (Fsp3) is 0.625. The number of hydrogen-bond donors (Lipinski definition) is 0. The van der Waals surface area contributed by atoms with Gasteiger partial charge in [-0.05, 0) is 69.8 Å². The molecule has 0 bridgehead atoms. The number of nitrogens with zero attached hydrogens (tertiary/aromatic N) is 1. The lowest BCUT2D eigenvalue weighted by molar-refractivity contribution is 0.0793. The van der Waals surface area contributed by atoms with Crippen LogP contribution in [0.2, 0.25) is 0 Å². The number of benzene rings is 1. The molecule has 1 nitrogen and oxygen atoms in total. The molecule has 1 aromatic carbocycles. The molecule has 1 saturated heterocycles. The van der Waals surface area contributed by atoms with Crippen molar-refractivity contribution in [3.63, 3.8) is 0 Å². The first-order valence-corrected chi connectivity index (χ1v) is 6.93. The van der Waals surface area contributed by atoms with Gasteiger partial charge in [0.15, 0.2) is 11.6 Å². The summed E-state index contributed by atoms with van der Waals surface area (Å²) in [6, 6.07) is 4.33. The zero-order chi connectivity index (χ0) is 14.3. The van der Waals surface area contributed by atoms with Crippen LogP contribution < -0.4 is 0 Å². The van der Waals surface area contributed by atoms with Crippen molar-refractivity contribution in [1.82, 2.24) is 4.90 Å². The Morgan fingerprint density at radius 1 is 1.05 bits per heavy atom. The molecule has 0 spiro atoms. The lowest BCUT2D eigenvalue weighted by atomic mass is 9.74. The molecule has 19 heavy (non-hydrogen) atoms. The Labute approximate surface area is 114 Å². The van der Waals surface area contributed by atoms with Crippen LogP contribution in [0.1, 0.15) is 46.1 Å². The zero-order valence-electron chi connectivity index (χ0n) is 12.3. The molecule has 3 heteroatoms. The first-order chi connectivity index (χ1) is 8.72. The van der Waals surface area contributed by atoms with E-state index >= 15 is 0 Å². The van der Waals surface area contributed by atoms with E-state index in [1.54, 1.807) is 6.07 Å². The summed E-state index contributed by atoms with van der Waals surface area (Å²) >= 11 is 0. The van der Waals surface area contributed by atoms with E-state index in [1.165, 1.54) is 12.1 Å². The molecule has 1 aromatic rings. The molecule has 1 aliphatic heterocycles. The van der Waals surface area contributed by atoms with E-state index in [0.717, 1.165) is 31.5 Å². The predicted molar refractivity (Wildman–Crippen MR) is 74.3 cm³/mol. The maximum Gasteiger partial charge on any atom is 0.159 e. The molecule has 1 heterocycles. The number of piperidine rings is 1. The quantitative estimate of drug-likeness (QED) is 0.740. The number of likely N-dealkylation sites (tertiary alicyclic amines) is 1. The van der Waals surface area contributed by atoms with E-state index in [9.17, 15) is 8.78 Å². The second-order valence-corrected chi connectivity index (χ2v) is 6.85. The zero-order valence-corrected chi connectivity index (χ0v) is 12.3. The Bertz CT molecular complexity index is 454. The minimum Gasteiger partial charge on any atom is -0.298 e. The minimum atomic E-state index is -0.764. The van der Waals surface area contributed by atoms with Crippen LogP contribution in [-0.4, -0.2) is 23.5 Å². The monoisotopic (exact) mass is 267 g/mol. The predicted octanol–water partition coefficient (Wildman–Crippen LogP) is 4.12. The standard InChI is InChI=1S/C16H23F2N/c1-15(2,3)19-9-7-16(4,8-10-19)12-5-6-13(17)14(18)11-12/h5-6,11H,7-10H2,1-4H3. The molecule has 0 unspecified atom stereocenters. The second-order valence-electron chi connectivity index (χ2n) is 6.85. The average Bonchev–Trinajstić information content (AvgIpc) is 2.32. The number of rotatable bonds is 1. The molecule has 1 aliphatic rings. The van der Waals surface area contributed by atoms with Gasteiger partial charge in [-0.25, -0.2) is 8.78 Å². The first kappa shape index (κ1) is 14.4. The SMILES string of the molecule is CC1(c2ccc(F)c(F)c2)CCN(C(C)(C)C)CC1. The summed E-state index contributed by atoms with van der Waals surface area (Å²) in [6.07, 6.45) is 1.96. The molecule has 0 saturated carbocycles. The van der Waals surface area contributed by atoms with Crippen molar-refractivity contribution in [2.24, 2.45) is 0 Å². The van der Waals surface area contributed by atoms with Gasteiger partial charge >= 0.3 is 0 Å². The number of hydrogen-bond acceptors (Lipinski definition) is 1. The molecule has 2 rings (SSSR count). The van der Waals surface area contributed by atoms with E-state index in [0.29, 0.717) is 0 Å². The van der Waals surface area contributed by atoms with E-state index in [2.05, 4.69) is 32.6 Å². The van der Waals surface area contributed by atoms with E-state index < -0.39 is 11.6 Å². The number of halogens is 2. The second kappa shape index (κ2) is 4.86. The fourth-order valence-electron chi connectivity index (χ4n) is 2.83. The fourth-order valence-corrected chi connectivity index (χ4v) is 2.83. The third-order valence-corrected chi connectivity index (χ3v) is 4.43. The highest BCUT2D eigenvalue weighted by Gasteiger charge is 2.35. The summed E-state index contributed by atoms with van der Waals surface area (Å²) in [5.74, 6) is -1.50. The van der Waals surface area contributed by atoms with Crippen LogP contribution in [0.3, 0.4) is 0 Å². The Morgan fingerprint density at radius 3 is 2.11 bits per heavy atom. The molecule has 0 atom stereocenters. The molecular weight excluding hydrogens is 244 g/mol. The smallest absolute Gasteiger partial charge is 0.159 e. The van der Waals surface area contributed by atoms with Crippen LogP contribution >= 0.6 is 0 Å².